The van der Waals surface area contributed by atoms with Crippen LogP contribution in [0.4, 0.5) is 9.93 Å². The Hall–Kier alpha value is -2.06. The summed E-state index contributed by atoms with van der Waals surface area (Å²) in [5.74, 6) is 0.508. The maximum atomic E-state index is 12.0. The maximum Gasteiger partial charge on any atom is 0.408 e. The molecule has 2 amide bonds. The number of carbonyl (C=O) groups is 2. The molecule has 0 saturated heterocycles. The zero-order valence-corrected chi connectivity index (χ0v) is 15.8. The van der Waals surface area contributed by atoms with Crippen molar-refractivity contribution in [3.8, 4) is 11.3 Å². The predicted octanol–water partition coefficient (Wildman–Crippen LogP) is 3.88. The number of ether oxygens (including phenoxy) is 1. The summed E-state index contributed by atoms with van der Waals surface area (Å²) in [4.78, 5) is 30.5. The van der Waals surface area contributed by atoms with Crippen molar-refractivity contribution in [2.24, 2.45) is 0 Å². The molecule has 1 aromatic carbocycles. The molecule has 8 heteroatoms. The fourth-order valence-corrected chi connectivity index (χ4v) is 4.39. The van der Waals surface area contributed by atoms with Crippen LogP contribution in [0.5, 0.6) is 0 Å². The molecule has 2 aromatic rings. The van der Waals surface area contributed by atoms with E-state index < -0.39 is 11.7 Å². The number of amides is 2. The molecule has 2 heterocycles. The third kappa shape index (κ3) is 4.52. The number of fused-ring (bicyclic) bond motifs is 3. The second-order valence-electron chi connectivity index (χ2n) is 6.48. The normalized spacial score (nSPS) is 12.8. The standard InChI is InChI=1S/C17H19N3O3S2/c1-17(2,3)23-16(22)18-8-13(21)19-15-20-14-10-6-4-5-7-11(10)24-9-12(14)25-15/h4-7H,8-9H2,1-3H3,(H,18,22)(H,19,20,21). The molecular weight excluding hydrogens is 358 g/mol. The van der Waals surface area contributed by atoms with Gasteiger partial charge in [-0.15, -0.1) is 23.1 Å². The topological polar surface area (TPSA) is 80.3 Å². The van der Waals surface area contributed by atoms with E-state index in [2.05, 4.69) is 21.7 Å². The van der Waals surface area contributed by atoms with Crippen molar-refractivity contribution in [3.63, 3.8) is 0 Å². The minimum atomic E-state index is -0.619. The van der Waals surface area contributed by atoms with Gasteiger partial charge in [-0.2, -0.15) is 0 Å². The Bertz CT molecular complexity index is 812. The van der Waals surface area contributed by atoms with E-state index in [1.807, 2.05) is 18.2 Å². The molecule has 132 valence electrons. The van der Waals surface area contributed by atoms with E-state index in [0.29, 0.717) is 5.13 Å². The molecule has 0 bridgehead atoms. The second kappa shape index (κ2) is 7.05. The van der Waals surface area contributed by atoms with Gasteiger partial charge in [-0.3, -0.25) is 4.79 Å². The molecule has 0 aliphatic carbocycles. The molecule has 25 heavy (non-hydrogen) atoms. The minimum absolute atomic E-state index is 0.162. The largest absolute Gasteiger partial charge is 0.444 e. The molecule has 2 N–H and O–H groups in total. The van der Waals surface area contributed by atoms with Gasteiger partial charge in [0.2, 0.25) is 5.91 Å². The van der Waals surface area contributed by atoms with Gasteiger partial charge in [0.25, 0.3) is 0 Å². The van der Waals surface area contributed by atoms with Crippen LogP contribution >= 0.6 is 23.1 Å². The molecule has 0 unspecified atom stereocenters. The van der Waals surface area contributed by atoms with E-state index >= 15 is 0 Å². The Morgan fingerprint density at radius 1 is 1.28 bits per heavy atom. The average molecular weight is 377 g/mol. The first-order valence-corrected chi connectivity index (χ1v) is 9.60. The molecule has 3 rings (SSSR count). The minimum Gasteiger partial charge on any atom is -0.444 e. The van der Waals surface area contributed by atoms with Gasteiger partial charge in [-0.05, 0) is 26.8 Å². The molecular formula is C17H19N3O3S2. The van der Waals surface area contributed by atoms with Gasteiger partial charge in [-0.1, -0.05) is 18.2 Å². The Kier molecular flexibility index (Phi) is 5.01. The highest BCUT2D eigenvalue weighted by molar-refractivity contribution is 7.98. The van der Waals surface area contributed by atoms with Crippen LogP contribution in [-0.2, 0) is 15.3 Å². The average Bonchev–Trinajstić information content (AvgIpc) is 2.94. The Morgan fingerprint density at radius 2 is 2.04 bits per heavy atom. The maximum absolute atomic E-state index is 12.0. The van der Waals surface area contributed by atoms with Crippen LogP contribution in [0, 0.1) is 0 Å². The third-order valence-electron chi connectivity index (χ3n) is 3.24. The van der Waals surface area contributed by atoms with E-state index in [1.54, 1.807) is 32.5 Å². The predicted molar refractivity (Wildman–Crippen MR) is 100.0 cm³/mol. The Balaban J connectivity index is 1.61. The lowest BCUT2D eigenvalue weighted by Gasteiger charge is -2.19. The fraction of sp³-hybridized carbons (Fsp3) is 0.353. The monoisotopic (exact) mass is 377 g/mol. The lowest BCUT2D eigenvalue weighted by molar-refractivity contribution is -0.115. The van der Waals surface area contributed by atoms with Gasteiger partial charge in [0.15, 0.2) is 5.13 Å². The highest BCUT2D eigenvalue weighted by atomic mass is 32.2. The highest BCUT2D eigenvalue weighted by Crippen LogP contribution is 2.44. The lowest BCUT2D eigenvalue weighted by atomic mass is 10.1. The number of carbonyl (C=O) groups excluding carboxylic acids is 2. The summed E-state index contributed by atoms with van der Waals surface area (Å²) in [6, 6.07) is 8.10. The third-order valence-corrected chi connectivity index (χ3v) is 5.49. The van der Waals surface area contributed by atoms with Crippen LogP contribution < -0.4 is 10.6 Å². The van der Waals surface area contributed by atoms with Crippen LogP contribution in [-0.4, -0.2) is 29.1 Å². The number of alkyl carbamates (subject to hydrolysis) is 1. The highest BCUT2D eigenvalue weighted by Gasteiger charge is 2.22. The zero-order valence-electron chi connectivity index (χ0n) is 14.2. The van der Waals surface area contributed by atoms with Crippen molar-refractivity contribution in [1.29, 1.82) is 0 Å². The number of rotatable bonds is 3. The van der Waals surface area contributed by atoms with Crippen LogP contribution in [0.3, 0.4) is 0 Å². The van der Waals surface area contributed by atoms with Crippen molar-refractivity contribution in [2.45, 2.75) is 37.0 Å². The van der Waals surface area contributed by atoms with Gasteiger partial charge >= 0.3 is 6.09 Å². The number of aromatic nitrogens is 1. The summed E-state index contributed by atoms with van der Waals surface area (Å²) in [5.41, 5.74) is 1.42. The SMILES string of the molecule is CC(C)(C)OC(=O)NCC(=O)Nc1nc2c(s1)CSc1ccccc1-2. The van der Waals surface area contributed by atoms with Crippen molar-refractivity contribution in [1.82, 2.24) is 10.3 Å². The summed E-state index contributed by atoms with van der Waals surface area (Å²) in [7, 11) is 0. The first kappa shape index (κ1) is 17.8. The van der Waals surface area contributed by atoms with E-state index in [0.717, 1.165) is 21.9 Å². The van der Waals surface area contributed by atoms with Crippen LogP contribution in [0.25, 0.3) is 11.3 Å². The molecule has 1 aromatic heterocycles. The molecule has 1 aliphatic heterocycles. The summed E-state index contributed by atoms with van der Waals surface area (Å²) >= 11 is 3.23. The van der Waals surface area contributed by atoms with Gasteiger partial charge in [0.05, 0.1) is 5.69 Å². The molecule has 0 saturated carbocycles. The van der Waals surface area contributed by atoms with Crippen molar-refractivity contribution >= 4 is 40.2 Å². The van der Waals surface area contributed by atoms with E-state index in [4.69, 9.17) is 4.74 Å². The Labute approximate surface area is 154 Å². The molecule has 0 fully saturated rings. The van der Waals surface area contributed by atoms with E-state index in [1.165, 1.54) is 16.2 Å². The quantitative estimate of drug-likeness (QED) is 0.848. The van der Waals surface area contributed by atoms with Crippen molar-refractivity contribution in [3.05, 3.63) is 29.1 Å². The van der Waals surface area contributed by atoms with Crippen LogP contribution in [0.2, 0.25) is 0 Å². The number of thiazole rings is 1. The summed E-state index contributed by atoms with van der Waals surface area (Å²) in [5, 5.41) is 5.71. The smallest absolute Gasteiger partial charge is 0.408 e. The summed E-state index contributed by atoms with van der Waals surface area (Å²) < 4.78 is 5.10. The summed E-state index contributed by atoms with van der Waals surface area (Å²) in [6.45, 7) is 5.14. The zero-order chi connectivity index (χ0) is 18.0. The number of anilines is 1. The second-order valence-corrected chi connectivity index (χ2v) is 8.58. The lowest BCUT2D eigenvalue weighted by Crippen LogP contribution is -2.37. The first-order valence-electron chi connectivity index (χ1n) is 7.80. The molecule has 1 aliphatic rings. The number of nitrogens with zero attached hydrogens (tertiary/aromatic N) is 1. The molecule has 0 spiro atoms. The number of hydrogen-bond acceptors (Lipinski definition) is 6. The van der Waals surface area contributed by atoms with Gasteiger partial charge < -0.3 is 15.4 Å². The Morgan fingerprint density at radius 3 is 2.80 bits per heavy atom. The number of benzene rings is 1. The molecule has 0 radical (unpaired) electrons. The number of thioether (sulfide) groups is 1. The first-order chi connectivity index (χ1) is 11.8. The van der Waals surface area contributed by atoms with Gasteiger partial charge in [-0.25, -0.2) is 9.78 Å². The molecule has 0 atom stereocenters. The van der Waals surface area contributed by atoms with Crippen LogP contribution in [0.1, 0.15) is 25.6 Å². The van der Waals surface area contributed by atoms with Gasteiger partial charge in [0.1, 0.15) is 12.1 Å². The fourth-order valence-electron chi connectivity index (χ4n) is 2.27. The van der Waals surface area contributed by atoms with Gasteiger partial charge in [0, 0.05) is 21.1 Å². The van der Waals surface area contributed by atoms with E-state index in [-0.39, 0.29) is 12.5 Å². The molecule has 6 nitrogen and oxygen atoms in total. The van der Waals surface area contributed by atoms with Crippen molar-refractivity contribution < 1.29 is 14.3 Å². The summed E-state index contributed by atoms with van der Waals surface area (Å²) in [6.07, 6.45) is -0.619. The van der Waals surface area contributed by atoms with E-state index in [9.17, 15) is 9.59 Å². The number of nitrogens with one attached hydrogen (secondary N) is 2. The number of hydrogen-bond donors (Lipinski definition) is 2. The van der Waals surface area contributed by atoms with Crippen LogP contribution in [0.15, 0.2) is 29.2 Å². The van der Waals surface area contributed by atoms with Crippen molar-refractivity contribution in [2.75, 3.05) is 11.9 Å².